The molecule has 94 valence electrons. The molecular weight excluding hydrogens is 275 g/mol. The van der Waals surface area contributed by atoms with E-state index >= 15 is 0 Å². The number of thiol groups is 1. The number of benzene rings is 1. The Labute approximate surface area is 118 Å². The van der Waals surface area contributed by atoms with Crippen LogP contribution in [0.1, 0.15) is 25.7 Å². The maximum atomic E-state index is 6.08. The molecule has 1 aromatic carbocycles. The van der Waals surface area contributed by atoms with Gasteiger partial charge in [-0.05, 0) is 36.8 Å². The Bertz CT molecular complexity index is 389. The monoisotopic (exact) mass is 290 g/mol. The van der Waals surface area contributed by atoms with Crippen molar-refractivity contribution in [3.05, 3.63) is 28.2 Å². The van der Waals surface area contributed by atoms with Gasteiger partial charge in [-0.2, -0.15) is 12.6 Å². The fourth-order valence-electron chi connectivity index (χ4n) is 2.30. The van der Waals surface area contributed by atoms with Gasteiger partial charge in [0.1, 0.15) is 5.75 Å². The highest BCUT2D eigenvalue weighted by Crippen LogP contribution is 2.40. The van der Waals surface area contributed by atoms with Crippen molar-refractivity contribution in [2.75, 3.05) is 12.4 Å². The summed E-state index contributed by atoms with van der Waals surface area (Å²) >= 11 is 16.4. The van der Waals surface area contributed by atoms with E-state index in [4.69, 9.17) is 27.9 Å². The Hall–Kier alpha value is -0.0500. The van der Waals surface area contributed by atoms with Crippen LogP contribution in [0.4, 0.5) is 0 Å². The molecule has 2 rings (SSSR count). The largest absolute Gasteiger partial charge is 0.491 e. The Morgan fingerprint density at radius 2 is 1.94 bits per heavy atom. The number of halogens is 2. The SMILES string of the molecule is SCC1(COc2ccc(Cl)cc2Cl)CCCC1. The van der Waals surface area contributed by atoms with Crippen molar-refractivity contribution in [1.82, 2.24) is 0 Å². The highest BCUT2D eigenvalue weighted by atomic mass is 35.5. The number of hydrogen-bond donors (Lipinski definition) is 1. The van der Waals surface area contributed by atoms with Crippen molar-refractivity contribution >= 4 is 35.8 Å². The molecule has 0 atom stereocenters. The van der Waals surface area contributed by atoms with Gasteiger partial charge in [0.2, 0.25) is 0 Å². The van der Waals surface area contributed by atoms with E-state index < -0.39 is 0 Å². The summed E-state index contributed by atoms with van der Waals surface area (Å²) in [6.45, 7) is 0.692. The topological polar surface area (TPSA) is 9.23 Å². The van der Waals surface area contributed by atoms with Crippen molar-refractivity contribution in [2.24, 2.45) is 5.41 Å². The van der Waals surface area contributed by atoms with Gasteiger partial charge >= 0.3 is 0 Å². The highest BCUT2D eigenvalue weighted by molar-refractivity contribution is 7.80. The molecule has 1 aromatic rings. The van der Waals surface area contributed by atoms with Gasteiger partial charge in [0, 0.05) is 10.4 Å². The molecule has 0 heterocycles. The zero-order chi connectivity index (χ0) is 12.3. The number of hydrogen-bond acceptors (Lipinski definition) is 2. The first-order valence-corrected chi connectivity index (χ1v) is 7.23. The minimum atomic E-state index is 0.228. The van der Waals surface area contributed by atoms with Crippen molar-refractivity contribution in [3.63, 3.8) is 0 Å². The molecule has 17 heavy (non-hydrogen) atoms. The van der Waals surface area contributed by atoms with E-state index in [-0.39, 0.29) is 5.41 Å². The molecular formula is C13H16Cl2OS. The van der Waals surface area contributed by atoms with Gasteiger partial charge in [0.15, 0.2) is 0 Å². The summed E-state index contributed by atoms with van der Waals surface area (Å²) in [4.78, 5) is 0. The van der Waals surface area contributed by atoms with Crippen LogP contribution in [0.15, 0.2) is 18.2 Å². The van der Waals surface area contributed by atoms with E-state index in [1.807, 2.05) is 6.07 Å². The number of ether oxygens (including phenoxy) is 1. The van der Waals surface area contributed by atoms with Crippen molar-refractivity contribution in [2.45, 2.75) is 25.7 Å². The predicted molar refractivity (Wildman–Crippen MR) is 76.7 cm³/mol. The third-order valence-corrected chi connectivity index (χ3v) is 4.63. The average molecular weight is 291 g/mol. The normalized spacial score (nSPS) is 18.3. The van der Waals surface area contributed by atoms with E-state index in [0.29, 0.717) is 22.4 Å². The van der Waals surface area contributed by atoms with Gasteiger partial charge in [-0.15, -0.1) is 0 Å². The van der Waals surface area contributed by atoms with Gasteiger partial charge in [-0.3, -0.25) is 0 Å². The second-order valence-electron chi connectivity index (χ2n) is 4.73. The molecule has 0 N–H and O–H groups in total. The van der Waals surface area contributed by atoms with Crippen LogP contribution in [0.3, 0.4) is 0 Å². The first kappa shape index (κ1) is 13.4. The lowest BCUT2D eigenvalue weighted by atomic mass is 9.90. The van der Waals surface area contributed by atoms with E-state index in [1.165, 1.54) is 25.7 Å². The van der Waals surface area contributed by atoms with Gasteiger partial charge in [-0.1, -0.05) is 36.0 Å². The van der Waals surface area contributed by atoms with Crippen LogP contribution in [0.2, 0.25) is 10.0 Å². The molecule has 0 radical (unpaired) electrons. The summed E-state index contributed by atoms with van der Waals surface area (Å²) < 4.78 is 5.83. The molecule has 0 unspecified atom stereocenters. The minimum absolute atomic E-state index is 0.228. The molecule has 0 aromatic heterocycles. The van der Waals surface area contributed by atoms with Crippen LogP contribution >= 0.6 is 35.8 Å². The summed E-state index contributed by atoms with van der Waals surface area (Å²) in [5.41, 5.74) is 0.228. The van der Waals surface area contributed by atoms with Gasteiger partial charge < -0.3 is 4.74 Å². The average Bonchev–Trinajstić information content (AvgIpc) is 2.77. The van der Waals surface area contributed by atoms with Gasteiger partial charge in [-0.25, -0.2) is 0 Å². The van der Waals surface area contributed by atoms with Crippen LogP contribution in [0.25, 0.3) is 0 Å². The second kappa shape index (κ2) is 5.73. The molecule has 0 spiro atoms. The maximum absolute atomic E-state index is 6.08. The number of rotatable bonds is 4. The van der Waals surface area contributed by atoms with Crippen LogP contribution in [0.5, 0.6) is 5.75 Å². The summed E-state index contributed by atoms with van der Waals surface area (Å²) in [6, 6.07) is 5.33. The van der Waals surface area contributed by atoms with E-state index in [9.17, 15) is 0 Å². The molecule has 0 saturated heterocycles. The maximum Gasteiger partial charge on any atom is 0.138 e. The van der Waals surface area contributed by atoms with Crippen molar-refractivity contribution in [1.29, 1.82) is 0 Å². The molecule has 1 nitrogen and oxygen atoms in total. The first-order chi connectivity index (χ1) is 8.15. The molecule has 0 amide bonds. The molecule has 4 heteroatoms. The lowest BCUT2D eigenvalue weighted by Gasteiger charge is -2.27. The van der Waals surface area contributed by atoms with Crippen LogP contribution < -0.4 is 4.74 Å². The van der Waals surface area contributed by atoms with E-state index in [1.54, 1.807) is 12.1 Å². The quantitative estimate of drug-likeness (QED) is 0.779. The zero-order valence-electron chi connectivity index (χ0n) is 9.59. The van der Waals surface area contributed by atoms with E-state index in [0.717, 1.165) is 5.75 Å². The summed E-state index contributed by atoms with van der Waals surface area (Å²) in [6.07, 6.45) is 4.94. The molecule has 0 bridgehead atoms. The molecule has 1 aliphatic rings. The second-order valence-corrected chi connectivity index (χ2v) is 5.89. The van der Waals surface area contributed by atoms with Crippen molar-refractivity contribution < 1.29 is 4.74 Å². The predicted octanol–water partition coefficient (Wildman–Crippen LogP) is 4.86. The molecule has 1 saturated carbocycles. The Morgan fingerprint density at radius 3 is 2.53 bits per heavy atom. The summed E-state index contributed by atoms with van der Waals surface area (Å²) in [7, 11) is 0. The van der Waals surface area contributed by atoms with Crippen molar-refractivity contribution in [3.8, 4) is 5.75 Å². The van der Waals surface area contributed by atoms with Crippen LogP contribution in [0, 0.1) is 5.41 Å². The molecule has 1 aliphatic carbocycles. The fraction of sp³-hybridized carbons (Fsp3) is 0.538. The minimum Gasteiger partial charge on any atom is -0.491 e. The smallest absolute Gasteiger partial charge is 0.138 e. The Kier molecular flexibility index (Phi) is 4.51. The summed E-state index contributed by atoms with van der Waals surface area (Å²) in [5.74, 6) is 1.59. The fourth-order valence-corrected chi connectivity index (χ4v) is 3.17. The third kappa shape index (κ3) is 3.24. The van der Waals surface area contributed by atoms with E-state index in [2.05, 4.69) is 12.6 Å². The highest BCUT2D eigenvalue weighted by Gasteiger charge is 2.33. The van der Waals surface area contributed by atoms with Crippen LogP contribution in [-0.2, 0) is 0 Å². The molecule has 0 aliphatic heterocycles. The Morgan fingerprint density at radius 1 is 1.24 bits per heavy atom. The lowest BCUT2D eigenvalue weighted by molar-refractivity contribution is 0.173. The first-order valence-electron chi connectivity index (χ1n) is 5.84. The Balaban J connectivity index is 2.01. The molecule has 1 fully saturated rings. The third-order valence-electron chi connectivity index (χ3n) is 3.43. The zero-order valence-corrected chi connectivity index (χ0v) is 12.0. The summed E-state index contributed by atoms with van der Waals surface area (Å²) in [5, 5.41) is 1.21. The lowest BCUT2D eigenvalue weighted by Crippen LogP contribution is -2.27. The van der Waals surface area contributed by atoms with Crippen LogP contribution in [-0.4, -0.2) is 12.4 Å². The standard InChI is InChI=1S/C13H16Cl2OS/c14-10-3-4-12(11(15)7-10)16-8-13(9-17)5-1-2-6-13/h3-4,7,17H,1-2,5-6,8-9H2. The van der Waals surface area contributed by atoms with Gasteiger partial charge in [0.25, 0.3) is 0 Å². The van der Waals surface area contributed by atoms with Gasteiger partial charge in [0.05, 0.1) is 11.6 Å².